The zero-order valence-electron chi connectivity index (χ0n) is 12.9. The van der Waals surface area contributed by atoms with Gasteiger partial charge in [0.2, 0.25) is 0 Å². The molecular weight excluding hydrogens is 271 g/mol. The van der Waals surface area contributed by atoms with Crippen LogP contribution in [0.3, 0.4) is 0 Å². The molecule has 4 N–H and O–H groups in total. The van der Waals surface area contributed by atoms with Crippen molar-refractivity contribution in [2.45, 2.75) is 32.7 Å². The lowest BCUT2D eigenvalue weighted by Crippen LogP contribution is -2.29. The minimum Gasteiger partial charge on any atom is -0.352 e. The Morgan fingerprint density at radius 1 is 1.38 bits per heavy atom. The number of hydrogen-bond acceptors (Lipinski definition) is 4. The molecule has 0 aliphatic heterocycles. The fourth-order valence-electron chi connectivity index (χ4n) is 1.90. The summed E-state index contributed by atoms with van der Waals surface area (Å²) in [5.41, 5.74) is 2.47. The third-order valence-electron chi connectivity index (χ3n) is 3.51. The molecule has 118 valence electrons. The van der Waals surface area contributed by atoms with Crippen molar-refractivity contribution in [1.82, 2.24) is 10.2 Å². The molecule has 0 saturated carbocycles. The lowest BCUT2D eigenvalue weighted by Gasteiger charge is -2.20. The van der Waals surface area contributed by atoms with Crippen LogP contribution in [0.25, 0.3) is 0 Å². The van der Waals surface area contributed by atoms with Gasteiger partial charge < -0.3 is 15.6 Å². The van der Waals surface area contributed by atoms with Crippen molar-refractivity contribution < 1.29 is 9.18 Å². The highest BCUT2D eigenvalue weighted by molar-refractivity contribution is 5.99. The molecule has 0 radical (unpaired) electrons. The van der Waals surface area contributed by atoms with Crippen LogP contribution in [0.4, 0.5) is 10.1 Å². The van der Waals surface area contributed by atoms with Crippen LogP contribution in [0.2, 0.25) is 0 Å². The summed E-state index contributed by atoms with van der Waals surface area (Å²) in [5.74, 6) is 4.39. The maximum atomic E-state index is 13.5. The van der Waals surface area contributed by atoms with E-state index in [1.165, 1.54) is 12.1 Å². The molecular formula is C15H25FN4O. The van der Waals surface area contributed by atoms with E-state index >= 15 is 0 Å². The van der Waals surface area contributed by atoms with Gasteiger partial charge in [0.05, 0.1) is 11.3 Å². The van der Waals surface area contributed by atoms with Crippen LogP contribution in [0.1, 0.15) is 37.0 Å². The fraction of sp³-hybridized carbons (Fsp3) is 0.533. The predicted molar refractivity (Wildman–Crippen MR) is 83.5 cm³/mol. The molecule has 0 fully saturated rings. The SMILES string of the molecule is CC(C)N(C)CCCCNC(=O)c1cccc(F)c1NN. The molecule has 0 saturated heterocycles. The molecule has 1 amide bonds. The van der Waals surface area contributed by atoms with Crippen molar-refractivity contribution in [1.29, 1.82) is 0 Å². The van der Waals surface area contributed by atoms with Gasteiger partial charge in [-0.2, -0.15) is 0 Å². The number of nitrogens with two attached hydrogens (primary N) is 1. The maximum Gasteiger partial charge on any atom is 0.253 e. The van der Waals surface area contributed by atoms with Crippen LogP contribution in [-0.2, 0) is 0 Å². The highest BCUT2D eigenvalue weighted by Gasteiger charge is 2.13. The van der Waals surface area contributed by atoms with Crippen LogP contribution >= 0.6 is 0 Å². The second-order valence-corrected chi connectivity index (χ2v) is 5.34. The number of unbranched alkanes of at least 4 members (excludes halogenated alkanes) is 1. The average Bonchev–Trinajstić information content (AvgIpc) is 2.45. The Morgan fingerprint density at radius 3 is 2.71 bits per heavy atom. The Labute approximate surface area is 125 Å². The molecule has 0 aromatic heterocycles. The van der Waals surface area contributed by atoms with Crippen molar-refractivity contribution in [3.8, 4) is 0 Å². The molecule has 0 aliphatic carbocycles. The predicted octanol–water partition coefficient (Wildman–Crippen LogP) is 1.96. The minimum atomic E-state index is -0.538. The standard InChI is InChI=1S/C15H25FN4O/c1-11(2)20(3)10-5-4-9-18-15(21)12-7-6-8-13(16)14(12)19-17/h6-8,11,19H,4-5,9-10,17H2,1-3H3,(H,18,21). The van der Waals surface area contributed by atoms with Crippen LogP contribution in [-0.4, -0.2) is 37.0 Å². The molecule has 1 aromatic rings. The summed E-state index contributed by atoms with van der Waals surface area (Å²) in [5, 5.41) is 2.78. The van der Waals surface area contributed by atoms with Gasteiger partial charge >= 0.3 is 0 Å². The van der Waals surface area contributed by atoms with E-state index < -0.39 is 5.82 Å². The van der Waals surface area contributed by atoms with Crippen molar-refractivity contribution >= 4 is 11.6 Å². The quantitative estimate of drug-likeness (QED) is 0.390. The van der Waals surface area contributed by atoms with E-state index in [9.17, 15) is 9.18 Å². The van der Waals surface area contributed by atoms with Crippen molar-refractivity contribution in [3.05, 3.63) is 29.6 Å². The van der Waals surface area contributed by atoms with Crippen LogP contribution in [0.5, 0.6) is 0 Å². The van der Waals surface area contributed by atoms with Crippen LogP contribution < -0.4 is 16.6 Å². The first kappa shape index (κ1) is 17.4. The van der Waals surface area contributed by atoms with Crippen molar-refractivity contribution in [2.75, 3.05) is 25.6 Å². The number of carbonyl (C=O) groups excluding carboxylic acids is 1. The molecule has 0 aliphatic rings. The Hall–Kier alpha value is -1.66. The number of rotatable bonds is 8. The van der Waals surface area contributed by atoms with Crippen molar-refractivity contribution in [3.63, 3.8) is 0 Å². The molecule has 0 bridgehead atoms. The zero-order valence-corrected chi connectivity index (χ0v) is 12.9. The van der Waals surface area contributed by atoms with Crippen LogP contribution in [0, 0.1) is 5.82 Å². The number of nitrogens with zero attached hydrogens (tertiary/aromatic N) is 1. The van der Waals surface area contributed by atoms with Crippen LogP contribution in [0.15, 0.2) is 18.2 Å². The molecule has 0 atom stereocenters. The Bertz CT molecular complexity index is 465. The first-order valence-corrected chi connectivity index (χ1v) is 7.21. The van der Waals surface area contributed by atoms with Gasteiger partial charge in [0.15, 0.2) is 0 Å². The summed E-state index contributed by atoms with van der Waals surface area (Å²) in [4.78, 5) is 14.3. The average molecular weight is 296 g/mol. The van der Waals surface area contributed by atoms with E-state index in [2.05, 4.69) is 36.5 Å². The molecule has 1 aromatic carbocycles. The Morgan fingerprint density at radius 2 is 2.10 bits per heavy atom. The van der Waals surface area contributed by atoms with Gasteiger partial charge in [-0.05, 0) is 52.4 Å². The summed E-state index contributed by atoms with van der Waals surface area (Å²) in [6, 6.07) is 4.81. The second-order valence-electron chi connectivity index (χ2n) is 5.34. The number of hydrogen-bond donors (Lipinski definition) is 3. The first-order chi connectivity index (χ1) is 9.97. The molecule has 21 heavy (non-hydrogen) atoms. The molecule has 0 spiro atoms. The van der Waals surface area contributed by atoms with Gasteiger partial charge in [-0.25, -0.2) is 4.39 Å². The highest BCUT2D eigenvalue weighted by Crippen LogP contribution is 2.18. The Kier molecular flexibility index (Phi) is 7.11. The van der Waals surface area contributed by atoms with Gasteiger partial charge in [-0.3, -0.25) is 10.6 Å². The number of benzene rings is 1. The first-order valence-electron chi connectivity index (χ1n) is 7.21. The summed E-state index contributed by atoms with van der Waals surface area (Å²) >= 11 is 0. The third-order valence-corrected chi connectivity index (χ3v) is 3.51. The number of nitrogen functional groups attached to an aromatic ring is 1. The normalized spacial score (nSPS) is 11.0. The smallest absolute Gasteiger partial charge is 0.253 e. The summed E-state index contributed by atoms with van der Waals surface area (Å²) in [6.07, 6.45) is 1.88. The lowest BCUT2D eigenvalue weighted by atomic mass is 10.1. The maximum absolute atomic E-state index is 13.5. The van der Waals surface area contributed by atoms with Gasteiger partial charge in [-0.1, -0.05) is 6.07 Å². The molecule has 1 rings (SSSR count). The molecule has 0 unspecified atom stereocenters. The number of hydrazine groups is 1. The van der Waals surface area contributed by atoms with E-state index in [0.29, 0.717) is 12.6 Å². The highest BCUT2D eigenvalue weighted by atomic mass is 19.1. The number of halogens is 1. The fourth-order valence-corrected chi connectivity index (χ4v) is 1.90. The Balaban J connectivity index is 2.40. The van der Waals surface area contributed by atoms with Gasteiger partial charge in [0, 0.05) is 12.6 Å². The van der Waals surface area contributed by atoms with Crippen molar-refractivity contribution in [2.24, 2.45) is 5.84 Å². The third kappa shape index (κ3) is 5.32. The zero-order chi connectivity index (χ0) is 15.8. The number of para-hydroxylation sites is 1. The summed E-state index contributed by atoms with van der Waals surface area (Å²) < 4.78 is 13.5. The van der Waals surface area contributed by atoms with Gasteiger partial charge in [0.25, 0.3) is 5.91 Å². The number of nitrogens with one attached hydrogen (secondary N) is 2. The molecule has 5 nitrogen and oxygen atoms in total. The number of amides is 1. The number of carbonyl (C=O) groups is 1. The van der Waals surface area contributed by atoms with E-state index in [1.54, 1.807) is 6.07 Å². The molecule has 0 heterocycles. The van der Waals surface area contributed by atoms with E-state index in [1.807, 2.05) is 0 Å². The van der Waals surface area contributed by atoms with E-state index in [-0.39, 0.29) is 17.2 Å². The number of anilines is 1. The second kappa shape index (κ2) is 8.59. The molecule has 6 heteroatoms. The van der Waals surface area contributed by atoms with Gasteiger partial charge in [0.1, 0.15) is 5.82 Å². The summed E-state index contributed by atoms with van der Waals surface area (Å²) in [6.45, 7) is 5.84. The topological polar surface area (TPSA) is 70.4 Å². The van der Waals surface area contributed by atoms with E-state index in [0.717, 1.165) is 19.4 Å². The summed E-state index contributed by atoms with van der Waals surface area (Å²) in [7, 11) is 2.08. The largest absolute Gasteiger partial charge is 0.352 e. The minimum absolute atomic E-state index is 0.0227. The van der Waals surface area contributed by atoms with Gasteiger partial charge in [-0.15, -0.1) is 0 Å². The lowest BCUT2D eigenvalue weighted by molar-refractivity contribution is 0.0953. The van der Waals surface area contributed by atoms with E-state index in [4.69, 9.17) is 5.84 Å². The monoisotopic (exact) mass is 296 g/mol.